The van der Waals surface area contributed by atoms with Crippen molar-refractivity contribution in [2.24, 2.45) is 0 Å². The smallest absolute Gasteiger partial charge is 0.246 e. The molecule has 0 aliphatic carbocycles. The van der Waals surface area contributed by atoms with E-state index < -0.39 is 5.54 Å². The van der Waals surface area contributed by atoms with Crippen molar-refractivity contribution in [3.63, 3.8) is 0 Å². The number of unbranched alkanes of at least 4 members (excludes halogenated alkanes) is 3. The Kier molecular flexibility index (Phi) is 21.4. The summed E-state index contributed by atoms with van der Waals surface area (Å²) in [6.07, 6.45) is 4.28. The lowest BCUT2D eigenvalue weighted by Gasteiger charge is -2.34. The molecule has 0 saturated heterocycles. The summed E-state index contributed by atoms with van der Waals surface area (Å²) in [6.45, 7) is 24.4. The van der Waals surface area contributed by atoms with Gasteiger partial charge in [0.25, 0.3) is 0 Å². The molecule has 0 saturated carbocycles. The van der Waals surface area contributed by atoms with Gasteiger partial charge in [0.2, 0.25) is 23.6 Å². The molecule has 4 amide bonds. The molecule has 4 N–H and O–H groups in total. The lowest BCUT2D eigenvalue weighted by molar-refractivity contribution is -0.124. The number of hydrogen-bond acceptors (Lipinski definition) is 7. The van der Waals surface area contributed by atoms with Crippen LogP contribution in [0.5, 0.6) is 0 Å². The number of amides is 4. The summed E-state index contributed by atoms with van der Waals surface area (Å²) in [5.41, 5.74) is 0.763. The average molecular weight is 607 g/mol. The highest BCUT2D eigenvalue weighted by Crippen LogP contribution is 2.12. The largest absolute Gasteiger partial charge is 0.379 e. The highest BCUT2D eigenvalue weighted by atomic mass is 16.5. The van der Waals surface area contributed by atoms with Crippen molar-refractivity contribution in [2.75, 3.05) is 59.3 Å². The number of hydrogen-bond donors (Lipinski definition) is 4. The summed E-state index contributed by atoms with van der Waals surface area (Å²) in [4.78, 5) is 47.6. The molecule has 0 unspecified atom stereocenters. The molecular formula is C32H54N4O7. The molecule has 0 aromatic carbocycles. The van der Waals surface area contributed by atoms with Crippen molar-refractivity contribution in [2.45, 2.75) is 71.8 Å². The third-order valence-corrected chi connectivity index (χ3v) is 6.07. The number of carbonyl (C=O) groups excluding carboxylic acids is 4. The molecule has 0 radical (unpaired) electrons. The number of carbonyl (C=O) groups is 4. The van der Waals surface area contributed by atoms with Gasteiger partial charge in [0.1, 0.15) is 5.54 Å². The van der Waals surface area contributed by atoms with Crippen LogP contribution < -0.4 is 21.3 Å². The van der Waals surface area contributed by atoms with Crippen molar-refractivity contribution < 1.29 is 33.4 Å². The number of ether oxygens (including phenoxy) is 3. The second kappa shape index (κ2) is 23.2. The Morgan fingerprint density at radius 1 is 0.488 bits per heavy atom. The van der Waals surface area contributed by atoms with Crippen LogP contribution in [-0.2, 0) is 33.4 Å². The van der Waals surface area contributed by atoms with Crippen LogP contribution >= 0.6 is 0 Å². The van der Waals surface area contributed by atoms with E-state index in [-0.39, 0.29) is 43.4 Å². The molecular weight excluding hydrogens is 552 g/mol. The van der Waals surface area contributed by atoms with Crippen LogP contribution in [0.3, 0.4) is 0 Å². The predicted octanol–water partition coefficient (Wildman–Crippen LogP) is 2.88. The minimum Gasteiger partial charge on any atom is -0.379 e. The van der Waals surface area contributed by atoms with Gasteiger partial charge >= 0.3 is 0 Å². The monoisotopic (exact) mass is 606 g/mol. The van der Waals surface area contributed by atoms with E-state index in [1.54, 1.807) is 27.7 Å². The molecule has 0 aromatic heterocycles. The zero-order valence-corrected chi connectivity index (χ0v) is 26.8. The van der Waals surface area contributed by atoms with Gasteiger partial charge in [-0.1, -0.05) is 26.3 Å². The second-order valence-corrected chi connectivity index (χ2v) is 10.9. The maximum absolute atomic E-state index is 12.7. The fraction of sp³-hybridized carbons (Fsp3) is 0.625. The van der Waals surface area contributed by atoms with Crippen LogP contribution in [0.4, 0.5) is 0 Å². The lowest BCUT2D eigenvalue weighted by atomic mass is 10.0. The zero-order valence-electron chi connectivity index (χ0n) is 26.8. The van der Waals surface area contributed by atoms with E-state index in [1.165, 1.54) is 0 Å². The zero-order chi connectivity index (χ0) is 32.7. The molecule has 244 valence electrons. The SMILES string of the molecule is C=C(C)C(=O)NCCCCOCC(COCCCCNC(=O)C(=C)C)(COCCCCNC(=O)C(=C)C)NC(=O)C(=C)C. The average Bonchev–Trinajstić information content (AvgIpc) is 2.94. The van der Waals surface area contributed by atoms with Gasteiger partial charge in [0.05, 0.1) is 19.8 Å². The fourth-order valence-electron chi connectivity index (χ4n) is 3.43. The molecule has 0 aromatic rings. The van der Waals surface area contributed by atoms with E-state index in [0.29, 0.717) is 81.0 Å². The molecule has 0 aliphatic rings. The molecule has 0 rings (SSSR count). The first-order valence-corrected chi connectivity index (χ1v) is 14.8. The summed E-state index contributed by atoms with van der Waals surface area (Å²) < 4.78 is 17.9. The molecule has 0 bridgehead atoms. The summed E-state index contributed by atoms with van der Waals surface area (Å²) in [5, 5.41) is 11.4. The van der Waals surface area contributed by atoms with Crippen LogP contribution in [-0.4, -0.2) is 88.4 Å². The Hall–Kier alpha value is -3.28. The Balaban J connectivity index is 5.06. The Morgan fingerprint density at radius 3 is 1.02 bits per heavy atom. The normalized spacial score (nSPS) is 10.9. The summed E-state index contributed by atoms with van der Waals surface area (Å²) in [6, 6.07) is 0. The molecule has 0 spiro atoms. The highest BCUT2D eigenvalue weighted by molar-refractivity contribution is 5.93. The van der Waals surface area contributed by atoms with E-state index in [2.05, 4.69) is 47.6 Å². The van der Waals surface area contributed by atoms with Gasteiger partial charge in [-0.15, -0.1) is 0 Å². The van der Waals surface area contributed by atoms with E-state index in [0.717, 1.165) is 19.3 Å². The van der Waals surface area contributed by atoms with E-state index in [4.69, 9.17) is 14.2 Å². The van der Waals surface area contributed by atoms with Crippen LogP contribution in [0.25, 0.3) is 0 Å². The van der Waals surface area contributed by atoms with Crippen LogP contribution in [0.2, 0.25) is 0 Å². The third-order valence-electron chi connectivity index (χ3n) is 6.07. The maximum atomic E-state index is 12.7. The fourth-order valence-corrected chi connectivity index (χ4v) is 3.43. The maximum Gasteiger partial charge on any atom is 0.246 e. The van der Waals surface area contributed by atoms with Gasteiger partial charge in [0, 0.05) is 61.7 Å². The van der Waals surface area contributed by atoms with Crippen molar-refractivity contribution in [3.05, 3.63) is 48.6 Å². The van der Waals surface area contributed by atoms with E-state index in [1.807, 2.05) is 0 Å². The first kappa shape index (κ1) is 39.7. The number of rotatable bonds is 26. The standard InChI is InChI=1S/C32H54N4O7/c1-24(2)28(37)33-15-9-12-18-41-21-32(36-31(40)27(7)8,22-42-19-13-10-16-34-29(38)25(3)4)23-43-20-14-11-17-35-30(39)26(5)6/h1,3,5,7,9-23H2,2,4,6,8H3,(H,33,37)(H,34,38)(H,35,39)(H,36,40). The molecule has 43 heavy (non-hydrogen) atoms. The first-order valence-electron chi connectivity index (χ1n) is 14.8. The quantitative estimate of drug-likeness (QED) is 0.0876. The van der Waals surface area contributed by atoms with Gasteiger partial charge in [0.15, 0.2) is 0 Å². The van der Waals surface area contributed by atoms with Crippen molar-refractivity contribution in [3.8, 4) is 0 Å². The Labute approximate surface area is 257 Å². The minimum absolute atomic E-state index is 0.146. The van der Waals surface area contributed by atoms with Crippen LogP contribution in [0.1, 0.15) is 66.2 Å². The molecule has 11 heteroatoms. The van der Waals surface area contributed by atoms with Gasteiger partial charge in [-0.2, -0.15) is 0 Å². The summed E-state index contributed by atoms with van der Waals surface area (Å²) in [5.74, 6) is -0.849. The van der Waals surface area contributed by atoms with Crippen LogP contribution in [0, 0.1) is 0 Å². The molecule has 11 nitrogen and oxygen atoms in total. The molecule has 0 heterocycles. The molecule has 0 atom stereocenters. The van der Waals surface area contributed by atoms with Gasteiger partial charge in [-0.3, -0.25) is 19.2 Å². The topological polar surface area (TPSA) is 144 Å². The van der Waals surface area contributed by atoms with Crippen molar-refractivity contribution in [1.82, 2.24) is 21.3 Å². The Morgan fingerprint density at radius 2 is 0.767 bits per heavy atom. The van der Waals surface area contributed by atoms with Gasteiger partial charge in [-0.05, 0) is 66.2 Å². The second-order valence-electron chi connectivity index (χ2n) is 10.9. The van der Waals surface area contributed by atoms with Crippen molar-refractivity contribution >= 4 is 23.6 Å². The third kappa shape index (κ3) is 20.3. The minimum atomic E-state index is -0.966. The van der Waals surface area contributed by atoms with Crippen molar-refractivity contribution in [1.29, 1.82) is 0 Å². The summed E-state index contributed by atoms with van der Waals surface area (Å²) in [7, 11) is 0. The summed E-state index contributed by atoms with van der Waals surface area (Å²) >= 11 is 0. The first-order chi connectivity index (χ1) is 20.3. The predicted molar refractivity (Wildman–Crippen MR) is 169 cm³/mol. The lowest BCUT2D eigenvalue weighted by Crippen LogP contribution is -2.58. The van der Waals surface area contributed by atoms with E-state index in [9.17, 15) is 19.2 Å². The van der Waals surface area contributed by atoms with Gasteiger partial charge < -0.3 is 35.5 Å². The van der Waals surface area contributed by atoms with E-state index >= 15 is 0 Å². The Bertz CT molecular complexity index is 864. The van der Waals surface area contributed by atoms with Crippen LogP contribution in [0.15, 0.2) is 48.6 Å². The molecule has 0 aliphatic heterocycles. The highest BCUT2D eigenvalue weighted by Gasteiger charge is 2.34. The number of nitrogens with one attached hydrogen (secondary N) is 4. The van der Waals surface area contributed by atoms with Gasteiger partial charge in [-0.25, -0.2) is 0 Å². The molecule has 0 fully saturated rings.